The third-order valence-corrected chi connectivity index (χ3v) is 7.42. The van der Waals surface area contributed by atoms with E-state index in [2.05, 4.69) is 34.9 Å². The van der Waals surface area contributed by atoms with E-state index in [0.29, 0.717) is 12.8 Å². The average Bonchev–Trinajstić information content (AvgIpc) is 2.97. The van der Waals surface area contributed by atoms with Gasteiger partial charge in [0.15, 0.2) is 0 Å². The number of carboxylic acid groups (broad SMARTS) is 1. The van der Waals surface area contributed by atoms with Crippen LogP contribution in [0.4, 0.5) is 4.79 Å². The van der Waals surface area contributed by atoms with Gasteiger partial charge in [-0.25, -0.2) is 9.59 Å². The highest BCUT2D eigenvalue weighted by molar-refractivity contribution is 5.90. The second-order valence-corrected chi connectivity index (χ2v) is 10.3. The molecule has 7 heteroatoms. The number of alkyl carbamates (subject to hydrolysis) is 1. The smallest absolute Gasteiger partial charge is 0.407 e. The Labute approximate surface area is 206 Å². The molecule has 2 aliphatic carbocycles. The van der Waals surface area contributed by atoms with Crippen molar-refractivity contribution in [3.05, 3.63) is 59.7 Å². The van der Waals surface area contributed by atoms with Crippen LogP contribution >= 0.6 is 0 Å². The van der Waals surface area contributed by atoms with Crippen LogP contribution in [-0.4, -0.2) is 41.8 Å². The minimum absolute atomic E-state index is 0.0420. The normalized spacial score (nSPS) is 17.0. The van der Waals surface area contributed by atoms with Crippen LogP contribution in [0, 0.1) is 5.41 Å². The number of carbonyl (C=O) groups excluding carboxylic acids is 2. The summed E-state index contributed by atoms with van der Waals surface area (Å²) in [5.74, 6) is -1.47. The van der Waals surface area contributed by atoms with Crippen molar-refractivity contribution in [2.75, 3.05) is 13.2 Å². The summed E-state index contributed by atoms with van der Waals surface area (Å²) in [5.41, 5.74) is 2.35. The van der Waals surface area contributed by atoms with Crippen LogP contribution < -0.4 is 10.6 Å². The molecule has 1 fully saturated rings. The number of amides is 2. The summed E-state index contributed by atoms with van der Waals surface area (Å²) in [6, 6.07) is 16.3. The quantitative estimate of drug-likeness (QED) is 0.494. The van der Waals surface area contributed by atoms with Crippen molar-refractivity contribution < 1.29 is 24.2 Å². The van der Waals surface area contributed by atoms with E-state index < -0.39 is 23.0 Å². The topological polar surface area (TPSA) is 105 Å². The highest BCUT2D eigenvalue weighted by Gasteiger charge is 2.42. The summed E-state index contributed by atoms with van der Waals surface area (Å²) >= 11 is 0. The molecule has 3 N–H and O–H groups in total. The summed E-state index contributed by atoms with van der Waals surface area (Å²) in [4.78, 5) is 37.6. The molecule has 7 nitrogen and oxygen atoms in total. The number of ether oxygens (including phenoxy) is 1. The fourth-order valence-corrected chi connectivity index (χ4v) is 5.25. The van der Waals surface area contributed by atoms with E-state index >= 15 is 0 Å². The van der Waals surface area contributed by atoms with Crippen LogP contribution in [0.15, 0.2) is 48.5 Å². The zero-order valence-electron chi connectivity index (χ0n) is 20.4. The lowest BCUT2D eigenvalue weighted by molar-refractivity contribution is -0.148. The number of rotatable bonds is 7. The Morgan fingerprint density at radius 2 is 1.49 bits per heavy atom. The molecular weight excluding hydrogens is 444 g/mol. The number of benzene rings is 2. The predicted octanol–water partition coefficient (Wildman–Crippen LogP) is 4.85. The van der Waals surface area contributed by atoms with Crippen molar-refractivity contribution in [1.82, 2.24) is 10.6 Å². The lowest BCUT2D eigenvalue weighted by Crippen LogP contribution is -2.57. The van der Waals surface area contributed by atoms with Crippen LogP contribution in [0.25, 0.3) is 11.1 Å². The molecule has 4 rings (SSSR count). The number of hydrogen-bond donors (Lipinski definition) is 3. The summed E-state index contributed by atoms with van der Waals surface area (Å²) in [7, 11) is 0. The molecule has 0 bridgehead atoms. The van der Waals surface area contributed by atoms with Gasteiger partial charge in [0.1, 0.15) is 12.1 Å². The van der Waals surface area contributed by atoms with Gasteiger partial charge >= 0.3 is 12.1 Å². The Bertz CT molecular complexity index is 1060. The number of hydrogen-bond acceptors (Lipinski definition) is 4. The molecule has 0 unspecified atom stereocenters. The molecule has 0 spiro atoms. The monoisotopic (exact) mass is 478 g/mol. The van der Waals surface area contributed by atoms with Crippen molar-refractivity contribution in [2.24, 2.45) is 5.41 Å². The van der Waals surface area contributed by atoms with E-state index in [0.717, 1.165) is 47.9 Å². The molecule has 2 aromatic carbocycles. The zero-order chi connectivity index (χ0) is 25.1. The highest BCUT2D eigenvalue weighted by Crippen LogP contribution is 2.44. The number of nitrogens with one attached hydrogen (secondary N) is 2. The zero-order valence-corrected chi connectivity index (χ0v) is 20.4. The second-order valence-electron chi connectivity index (χ2n) is 10.3. The molecular formula is C28H34N2O5. The van der Waals surface area contributed by atoms with E-state index in [1.54, 1.807) is 0 Å². The summed E-state index contributed by atoms with van der Waals surface area (Å²) in [6.45, 7) is 3.25. The predicted molar refractivity (Wildman–Crippen MR) is 133 cm³/mol. The maximum Gasteiger partial charge on any atom is 0.407 e. The van der Waals surface area contributed by atoms with Gasteiger partial charge in [0.25, 0.3) is 0 Å². The van der Waals surface area contributed by atoms with Gasteiger partial charge in [-0.3, -0.25) is 4.79 Å². The SMILES string of the molecule is CC(C)(NC(=O)C1(CNC(=O)OCC2c3ccccc3-c3ccccc32)CCCCCC1)C(=O)O. The average molecular weight is 479 g/mol. The highest BCUT2D eigenvalue weighted by atomic mass is 16.5. The Kier molecular flexibility index (Phi) is 7.15. The standard InChI is InChI=1S/C28H34N2O5/c1-27(2,25(32)33)30-24(31)28(15-9-3-4-10-16-28)18-29-26(34)35-17-23-21-13-7-5-11-19(21)20-12-6-8-14-22(20)23/h5-8,11-14,23H,3-4,9-10,15-18H2,1-2H3,(H,29,34)(H,30,31)(H,32,33). The van der Waals surface area contributed by atoms with Gasteiger partial charge < -0.3 is 20.5 Å². The molecule has 2 aromatic rings. The van der Waals surface area contributed by atoms with Crippen LogP contribution in [0.2, 0.25) is 0 Å². The molecule has 1 saturated carbocycles. The van der Waals surface area contributed by atoms with Crippen molar-refractivity contribution in [1.29, 1.82) is 0 Å². The first-order valence-corrected chi connectivity index (χ1v) is 12.4. The van der Waals surface area contributed by atoms with Gasteiger partial charge in [-0.15, -0.1) is 0 Å². The first-order chi connectivity index (χ1) is 16.7. The Morgan fingerprint density at radius 1 is 0.943 bits per heavy atom. The molecule has 0 radical (unpaired) electrons. The van der Waals surface area contributed by atoms with Gasteiger partial charge in [-0.1, -0.05) is 74.2 Å². The summed E-state index contributed by atoms with van der Waals surface area (Å²) in [5, 5.41) is 15.0. The fraction of sp³-hybridized carbons (Fsp3) is 0.464. The minimum Gasteiger partial charge on any atom is -0.480 e. The fourth-order valence-electron chi connectivity index (χ4n) is 5.25. The number of fused-ring (bicyclic) bond motifs is 3. The Morgan fingerprint density at radius 3 is 2.03 bits per heavy atom. The molecule has 186 valence electrons. The Hall–Kier alpha value is -3.35. The molecule has 0 aliphatic heterocycles. The van der Waals surface area contributed by atoms with Crippen molar-refractivity contribution in [3.8, 4) is 11.1 Å². The van der Waals surface area contributed by atoms with E-state index in [1.165, 1.54) is 13.8 Å². The van der Waals surface area contributed by atoms with Crippen molar-refractivity contribution in [3.63, 3.8) is 0 Å². The maximum atomic E-state index is 13.3. The van der Waals surface area contributed by atoms with Crippen LogP contribution in [-0.2, 0) is 14.3 Å². The second kappa shape index (κ2) is 10.1. The van der Waals surface area contributed by atoms with Gasteiger partial charge in [0.05, 0.1) is 5.41 Å². The van der Waals surface area contributed by atoms with E-state index in [-0.39, 0.29) is 25.0 Å². The number of carboxylic acids is 1. The lowest BCUT2D eigenvalue weighted by atomic mass is 9.78. The van der Waals surface area contributed by atoms with E-state index in [9.17, 15) is 19.5 Å². The summed E-state index contributed by atoms with van der Waals surface area (Å²) in [6.07, 6.45) is 4.36. The van der Waals surface area contributed by atoms with Crippen LogP contribution in [0.3, 0.4) is 0 Å². The molecule has 35 heavy (non-hydrogen) atoms. The van der Waals surface area contributed by atoms with Crippen molar-refractivity contribution >= 4 is 18.0 Å². The summed E-state index contributed by atoms with van der Waals surface area (Å²) < 4.78 is 5.65. The minimum atomic E-state index is -1.39. The van der Waals surface area contributed by atoms with Gasteiger partial charge in [0, 0.05) is 12.5 Å². The molecule has 0 atom stereocenters. The van der Waals surface area contributed by atoms with Crippen LogP contribution in [0.5, 0.6) is 0 Å². The van der Waals surface area contributed by atoms with Crippen LogP contribution in [0.1, 0.15) is 69.4 Å². The van der Waals surface area contributed by atoms with Gasteiger partial charge in [-0.05, 0) is 48.9 Å². The molecule has 2 aliphatic rings. The Balaban J connectivity index is 1.42. The molecule has 0 heterocycles. The third-order valence-electron chi connectivity index (χ3n) is 7.42. The largest absolute Gasteiger partial charge is 0.480 e. The van der Waals surface area contributed by atoms with Gasteiger partial charge in [0.2, 0.25) is 5.91 Å². The number of aliphatic carboxylic acids is 1. The molecule has 0 aromatic heterocycles. The van der Waals surface area contributed by atoms with Gasteiger partial charge in [-0.2, -0.15) is 0 Å². The van der Waals surface area contributed by atoms with E-state index in [1.807, 2.05) is 24.3 Å². The van der Waals surface area contributed by atoms with Crippen molar-refractivity contribution in [2.45, 2.75) is 63.8 Å². The lowest BCUT2D eigenvalue weighted by Gasteiger charge is -2.34. The third kappa shape index (κ3) is 5.19. The molecule has 0 saturated heterocycles. The van der Waals surface area contributed by atoms with E-state index in [4.69, 9.17) is 4.74 Å². The first kappa shape index (κ1) is 24.8. The maximum absolute atomic E-state index is 13.3. The molecule has 2 amide bonds. The first-order valence-electron chi connectivity index (χ1n) is 12.4. The number of carbonyl (C=O) groups is 3.